The van der Waals surface area contributed by atoms with Gasteiger partial charge in [0.05, 0.1) is 0 Å². The van der Waals surface area contributed by atoms with E-state index in [4.69, 9.17) is 0 Å². The minimum Gasteiger partial charge on any atom is -2.00 e. The molecule has 0 bridgehead atoms. The quantitative estimate of drug-likeness (QED) is 0.459. The van der Waals surface area contributed by atoms with Gasteiger partial charge in [-0.25, -0.2) is 0 Å². The van der Waals surface area contributed by atoms with Crippen LogP contribution in [0.1, 0.15) is 0 Å². The Labute approximate surface area is 90.6 Å². The second kappa shape index (κ2) is 85.9. The molecule has 0 atom stereocenters. The van der Waals surface area contributed by atoms with Gasteiger partial charge in [-0.05, 0) is 0 Å². The molecule has 7 heavy (non-hydrogen) atoms. The first-order valence-electron chi connectivity index (χ1n) is 0. The average molecular weight is 211 g/mol. The van der Waals surface area contributed by atoms with Crippen LogP contribution in [0.2, 0.25) is 0 Å². The van der Waals surface area contributed by atoms with E-state index in [1.165, 1.54) is 0 Å². The Hall–Kier alpha value is 2.24. The maximum Gasteiger partial charge on any atom is 4.00 e. The summed E-state index contributed by atoms with van der Waals surface area (Å²) in [5.74, 6) is 0. The van der Waals surface area contributed by atoms with Gasteiger partial charge < -0.3 is 16.4 Å². The first-order valence-corrected chi connectivity index (χ1v) is 0. The summed E-state index contributed by atoms with van der Waals surface area (Å²) < 4.78 is 0. The predicted octanol–water partition coefficient (Wildman–Crippen LogP) is -1.01. The first-order chi connectivity index (χ1) is 0. The Morgan fingerprint density at radius 3 is 0.714 bits per heavy atom. The van der Waals surface area contributed by atoms with Gasteiger partial charge >= 0.3 is 57.6 Å². The van der Waals surface area contributed by atoms with Crippen LogP contribution in [0.3, 0.4) is 0 Å². The largest absolute Gasteiger partial charge is 4.00 e. The van der Waals surface area contributed by atoms with Gasteiger partial charge in [0.15, 0.2) is 0 Å². The summed E-state index contributed by atoms with van der Waals surface area (Å²) in [7, 11) is 0. The summed E-state index contributed by atoms with van der Waals surface area (Å²) in [6.07, 6.45) is 0. The van der Waals surface area contributed by atoms with Crippen LogP contribution in [-0.2, 0) is 72.6 Å². The van der Waals surface area contributed by atoms with Crippen LogP contribution in [0.15, 0.2) is 0 Å². The maximum absolute atomic E-state index is 0. The van der Waals surface area contributed by atoms with Crippen molar-refractivity contribution in [3.8, 4) is 0 Å². The Morgan fingerprint density at radius 1 is 0.714 bits per heavy atom. The van der Waals surface area contributed by atoms with Gasteiger partial charge in [-0.1, -0.05) is 0 Å². The minimum absolute atomic E-state index is 0. The smallest absolute Gasteiger partial charge is 2.00 e. The molecule has 0 rings (SSSR count). The summed E-state index contributed by atoms with van der Waals surface area (Å²) in [5.41, 5.74) is 0. The third kappa shape index (κ3) is 63.8. The van der Waals surface area contributed by atoms with E-state index >= 15 is 0 Å². The Balaban J connectivity index is 0. The third-order valence-corrected chi connectivity index (χ3v) is 0. The fourth-order valence-electron chi connectivity index (χ4n) is 0. The molecule has 0 aromatic rings. The van der Waals surface area contributed by atoms with Crippen LogP contribution in [0, 0.1) is 0 Å². The van der Waals surface area contributed by atoms with E-state index in [9.17, 15) is 0 Å². The van der Waals surface area contributed by atoms with E-state index in [0.29, 0.717) is 0 Å². The van der Waals surface area contributed by atoms with Crippen LogP contribution in [0.25, 0.3) is 0 Å². The van der Waals surface area contributed by atoms with Crippen molar-refractivity contribution in [2.24, 2.45) is 0 Å². The predicted molar refractivity (Wildman–Crippen MR) is 9.21 cm³/mol. The summed E-state index contributed by atoms with van der Waals surface area (Å²) >= 11 is 0. The molecule has 0 unspecified atom stereocenters. The average Bonchev–Trinajstić information content (AvgIpc) is 0. The van der Waals surface area contributed by atoms with E-state index < -0.39 is 0 Å². The molecular formula is HCrLiMnO3Ti. The van der Waals surface area contributed by atoms with E-state index in [0.717, 1.165) is 0 Å². The Kier molecular flexibility index (Phi) is 1530. The summed E-state index contributed by atoms with van der Waals surface area (Å²) in [5, 5.41) is 0. The normalized spacial score (nSPS) is 0. The zero-order valence-electron chi connectivity index (χ0n) is 2.51. The van der Waals surface area contributed by atoms with Crippen LogP contribution < -0.4 is 0 Å². The molecule has 0 amide bonds. The second-order valence-corrected chi connectivity index (χ2v) is 0. The summed E-state index contributed by atoms with van der Waals surface area (Å²) in [6, 6.07) is 0. The fraction of sp³-hybridized carbons (Fsp3) is 0. The van der Waals surface area contributed by atoms with Crippen molar-refractivity contribution < 1.29 is 72.6 Å². The molecule has 0 saturated carbocycles. The monoisotopic (exact) mass is 211 g/mol. The summed E-state index contributed by atoms with van der Waals surface area (Å²) in [6.45, 7) is 0. The standard InChI is InChI=1S/Cr.Li.Mn.3O.Ti.H/q;;+2;3*-2;+4;. The third-order valence-electron chi connectivity index (χ3n) is 0. The molecule has 3 nitrogen and oxygen atoms in total. The fourth-order valence-corrected chi connectivity index (χ4v) is 0. The molecule has 0 aromatic heterocycles. The van der Waals surface area contributed by atoms with Gasteiger partial charge in [0.2, 0.25) is 0 Å². The molecule has 0 heterocycles. The van der Waals surface area contributed by atoms with Gasteiger partial charge in [0, 0.05) is 17.4 Å². The summed E-state index contributed by atoms with van der Waals surface area (Å²) in [4.78, 5) is 0. The number of rotatable bonds is 0. The van der Waals surface area contributed by atoms with Crippen LogP contribution in [0.5, 0.6) is 0 Å². The molecule has 0 aliphatic rings. The van der Waals surface area contributed by atoms with Crippen molar-refractivity contribution in [1.82, 2.24) is 0 Å². The van der Waals surface area contributed by atoms with Crippen molar-refractivity contribution in [2.45, 2.75) is 0 Å². The Morgan fingerprint density at radius 2 is 0.714 bits per heavy atom. The first kappa shape index (κ1) is 125. The zero-order chi connectivity index (χ0) is 0. The van der Waals surface area contributed by atoms with Crippen molar-refractivity contribution in [3.63, 3.8) is 0 Å². The van der Waals surface area contributed by atoms with E-state index in [1.54, 1.807) is 0 Å². The number of hydrogen-bond acceptors (Lipinski definition) is 0. The molecule has 1 radical (unpaired) electrons. The molecule has 0 aliphatic carbocycles. The van der Waals surface area contributed by atoms with Crippen LogP contribution >= 0.6 is 0 Å². The SMILES string of the molecule is [Cr].[LiH].[Mn+2].[O-2].[O-2].[O-2].[Ti+4]. The van der Waals surface area contributed by atoms with Gasteiger partial charge in [-0.3, -0.25) is 0 Å². The van der Waals surface area contributed by atoms with Crippen molar-refractivity contribution in [2.75, 3.05) is 0 Å². The zero-order valence-corrected chi connectivity index (χ0v) is 6.53. The van der Waals surface area contributed by atoms with Crippen molar-refractivity contribution in [1.29, 1.82) is 0 Å². The van der Waals surface area contributed by atoms with Gasteiger partial charge in [0.25, 0.3) is 0 Å². The van der Waals surface area contributed by atoms with E-state index in [-0.39, 0.29) is 91.4 Å². The van der Waals surface area contributed by atoms with Gasteiger partial charge in [-0.2, -0.15) is 0 Å². The van der Waals surface area contributed by atoms with E-state index in [1.807, 2.05) is 0 Å². The van der Waals surface area contributed by atoms with Crippen molar-refractivity contribution in [3.05, 3.63) is 0 Å². The maximum atomic E-state index is 0. The second-order valence-electron chi connectivity index (χ2n) is 0. The molecule has 0 spiro atoms. The molecular weight excluding hydrogens is 210 g/mol. The topological polar surface area (TPSA) is 85.5 Å². The molecule has 0 saturated heterocycles. The van der Waals surface area contributed by atoms with Crippen molar-refractivity contribution >= 4 is 18.9 Å². The van der Waals surface area contributed by atoms with Crippen LogP contribution in [-0.4, -0.2) is 18.9 Å². The van der Waals surface area contributed by atoms with Crippen LogP contribution in [0.4, 0.5) is 0 Å². The molecule has 7 heteroatoms. The van der Waals surface area contributed by atoms with Gasteiger partial charge in [-0.15, -0.1) is 0 Å². The Bertz CT molecular complexity index is 14.9. The molecule has 0 aromatic carbocycles. The molecule has 0 aliphatic heterocycles. The number of hydrogen-bond donors (Lipinski definition) is 0. The molecule has 37 valence electrons. The minimum atomic E-state index is 0. The molecule has 0 fully saturated rings. The molecule has 0 N–H and O–H groups in total. The van der Waals surface area contributed by atoms with Gasteiger partial charge in [0.1, 0.15) is 0 Å². The van der Waals surface area contributed by atoms with E-state index in [2.05, 4.69) is 0 Å².